The maximum Gasteiger partial charge on any atom is 0.151 e. The Balaban J connectivity index is 3.42. The second kappa shape index (κ2) is 4.69. The van der Waals surface area contributed by atoms with Crippen molar-refractivity contribution in [3.63, 3.8) is 0 Å². The van der Waals surface area contributed by atoms with Gasteiger partial charge in [-0.1, -0.05) is 20.3 Å². The molecule has 0 aromatic carbocycles. The number of hydrogen-bond acceptors (Lipinski definition) is 1. The van der Waals surface area contributed by atoms with E-state index < -0.39 is 5.72 Å². The normalized spacial score (nSPS) is 16.8. The van der Waals surface area contributed by atoms with E-state index in [9.17, 15) is 5.11 Å². The standard InChI is InChI=1S/C8H18NO/c1-4-6-7-8(3,10)9-5-2/h9H,4-7H2,1-3H3. The summed E-state index contributed by atoms with van der Waals surface area (Å²) in [6.07, 6.45) is 2.85. The van der Waals surface area contributed by atoms with Gasteiger partial charge in [0.05, 0.1) is 0 Å². The van der Waals surface area contributed by atoms with E-state index in [4.69, 9.17) is 0 Å². The molecule has 0 saturated carbocycles. The minimum Gasteiger partial charge on any atom is -0.287 e. The Morgan fingerprint density at radius 2 is 2.00 bits per heavy atom. The van der Waals surface area contributed by atoms with Crippen LogP contribution in [0.2, 0.25) is 0 Å². The van der Waals surface area contributed by atoms with E-state index in [0.29, 0.717) is 0 Å². The van der Waals surface area contributed by atoms with Gasteiger partial charge in [-0.15, -0.1) is 0 Å². The molecule has 0 heterocycles. The first-order valence-corrected chi connectivity index (χ1v) is 4.08. The van der Waals surface area contributed by atoms with Crippen molar-refractivity contribution in [1.29, 1.82) is 0 Å². The lowest BCUT2D eigenvalue weighted by molar-refractivity contribution is -0.0497. The topological polar surface area (TPSA) is 31.9 Å². The van der Waals surface area contributed by atoms with Gasteiger partial charge in [0.2, 0.25) is 0 Å². The lowest BCUT2D eigenvalue weighted by Crippen LogP contribution is -2.40. The highest BCUT2D eigenvalue weighted by Crippen LogP contribution is 2.09. The predicted molar refractivity (Wildman–Crippen MR) is 42.3 cm³/mol. The minimum atomic E-state index is -0.898. The van der Waals surface area contributed by atoms with Crippen LogP contribution in [0.1, 0.15) is 40.0 Å². The third kappa shape index (κ3) is 4.77. The van der Waals surface area contributed by atoms with E-state index in [1.807, 2.05) is 6.92 Å². The molecule has 0 aromatic heterocycles. The van der Waals surface area contributed by atoms with Gasteiger partial charge in [-0.05, 0) is 26.3 Å². The summed E-state index contributed by atoms with van der Waals surface area (Å²) in [7, 11) is 0. The zero-order valence-corrected chi connectivity index (χ0v) is 7.24. The maximum absolute atomic E-state index is 11.4. The van der Waals surface area contributed by atoms with Gasteiger partial charge in [0, 0.05) is 0 Å². The average molecular weight is 144 g/mol. The fourth-order valence-corrected chi connectivity index (χ4v) is 0.976. The van der Waals surface area contributed by atoms with Crippen molar-refractivity contribution in [2.75, 3.05) is 6.54 Å². The van der Waals surface area contributed by atoms with Crippen LogP contribution in [-0.4, -0.2) is 12.3 Å². The molecule has 0 bridgehead atoms. The Morgan fingerprint density at radius 1 is 1.40 bits per heavy atom. The third-order valence-corrected chi connectivity index (χ3v) is 1.56. The summed E-state index contributed by atoms with van der Waals surface area (Å²) in [6, 6.07) is 0. The monoisotopic (exact) mass is 144 g/mol. The molecule has 2 heteroatoms. The second-order valence-electron chi connectivity index (χ2n) is 2.86. The number of hydrogen-bond donors (Lipinski definition) is 1. The highest BCUT2D eigenvalue weighted by atomic mass is 16.3. The summed E-state index contributed by atoms with van der Waals surface area (Å²) in [4.78, 5) is 0. The molecule has 0 fully saturated rings. The number of nitrogens with one attached hydrogen (secondary N) is 1. The lowest BCUT2D eigenvalue weighted by atomic mass is 10.1. The van der Waals surface area contributed by atoms with Crippen LogP contribution in [0.4, 0.5) is 0 Å². The zero-order valence-electron chi connectivity index (χ0n) is 7.24. The van der Waals surface area contributed by atoms with Crippen LogP contribution in [0.15, 0.2) is 0 Å². The van der Waals surface area contributed by atoms with E-state index in [2.05, 4.69) is 12.2 Å². The Labute approximate surface area is 63.6 Å². The van der Waals surface area contributed by atoms with Crippen LogP contribution < -0.4 is 5.32 Å². The van der Waals surface area contributed by atoms with Crippen molar-refractivity contribution in [2.24, 2.45) is 0 Å². The zero-order chi connectivity index (χ0) is 8.04. The number of unbranched alkanes of at least 4 members (excludes halogenated alkanes) is 1. The van der Waals surface area contributed by atoms with E-state index >= 15 is 0 Å². The highest BCUT2D eigenvalue weighted by Gasteiger charge is 2.18. The van der Waals surface area contributed by atoms with E-state index in [1.54, 1.807) is 6.92 Å². The summed E-state index contributed by atoms with van der Waals surface area (Å²) in [6.45, 7) is 6.54. The maximum atomic E-state index is 11.4. The first-order chi connectivity index (χ1) is 4.62. The molecule has 0 aliphatic heterocycles. The van der Waals surface area contributed by atoms with E-state index in [0.717, 1.165) is 25.8 Å². The van der Waals surface area contributed by atoms with Gasteiger partial charge >= 0.3 is 0 Å². The smallest absolute Gasteiger partial charge is 0.151 e. The first kappa shape index (κ1) is 9.92. The van der Waals surface area contributed by atoms with E-state index in [-0.39, 0.29) is 0 Å². The molecule has 1 radical (unpaired) electrons. The number of rotatable bonds is 5. The van der Waals surface area contributed by atoms with Gasteiger partial charge in [0.15, 0.2) is 5.72 Å². The molecule has 1 atom stereocenters. The molecule has 0 spiro atoms. The first-order valence-electron chi connectivity index (χ1n) is 4.08. The highest BCUT2D eigenvalue weighted by molar-refractivity contribution is 4.67. The average Bonchev–Trinajstić information content (AvgIpc) is 1.84. The van der Waals surface area contributed by atoms with Gasteiger partial charge in [-0.25, -0.2) is 5.11 Å². The summed E-state index contributed by atoms with van der Waals surface area (Å²) in [5, 5.41) is 14.3. The molecule has 0 aliphatic rings. The van der Waals surface area contributed by atoms with E-state index in [1.165, 1.54) is 0 Å². The van der Waals surface area contributed by atoms with Crippen LogP contribution in [-0.2, 0) is 5.11 Å². The molecule has 61 valence electrons. The molecule has 2 nitrogen and oxygen atoms in total. The molecule has 0 aromatic rings. The molecule has 0 rings (SSSR count). The SMILES string of the molecule is CCCCC(C)([O])NCC. The molecule has 0 aliphatic carbocycles. The fraction of sp³-hybridized carbons (Fsp3) is 1.00. The van der Waals surface area contributed by atoms with Crippen LogP contribution in [0.5, 0.6) is 0 Å². The van der Waals surface area contributed by atoms with Crippen molar-refractivity contribution >= 4 is 0 Å². The second-order valence-corrected chi connectivity index (χ2v) is 2.86. The molecular weight excluding hydrogens is 126 g/mol. The Morgan fingerprint density at radius 3 is 2.40 bits per heavy atom. The Kier molecular flexibility index (Phi) is 4.65. The van der Waals surface area contributed by atoms with Crippen LogP contribution in [0, 0.1) is 0 Å². The largest absolute Gasteiger partial charge is 0.287 e. The Hall–Kier alpha value is -0.0800. The van der Waals surface area contributed by atoms with Gasteiger partial charge in [-0.3, -0.25) is 5.32 Å². The molecule has 10 heavy (non-hydrogen) atoms. The lowest BCUT2D eigenvalue weighted by Gasteiger charge is -2.20. The summed E-state index contributed by atoms with van der Waals surface area (Å²) < 4.78 is 0. The minimum absolute atomic E-state index is 0.733. The van der Waals surface area contributed by atoms with Crippen molar-refractivity contribution < 1.29 is 5.11 Å². The third-order valence-electron chi connectivity index (χ3n) is 1.56. The Bertz CT molecular complexity index is 81.3. The van der Waals surface area contributed by atoms with Crippen molar-refractivity contribution in [3.05, 3.63) is 0 Å². The van der Waals surface area contributed by atoms with Crippen LogP contribution >= 0.6 is 0 Å². The molecule has 0 saturated heterocycles. The molecular formula is C8H18NO. The van der Waals surface area contributed by atoms with Crippen molar-refractivity contribution in [3.8, 4) is 0 Å². The van der Waals surface area contributed by atoms with Crippen LogP contribution in [0.3, 0.4) is 0 Å². The predicted octanol–water partition coefficient (Wildman–Crippen LogP) is 1.93. The quantitative estimate of drug-likeness (QED) is 0.587. The van der Waals surface area contributed by atoms with Crippen molar-refractivity contribution in [1.82, 2.24) is 5.32 Å². The van der Waals surface area contributed by atoms with Gasteiger partial charge in [0.1, 0.15) is 0 Å². The van der Waals surface area contributed by atoms with Crippen molar-refractivity contribution in [2.45, 2.75) is 45.8 Å². The summed E-state index contributed by atoms with van der Waals surface area (Å²) >= 11 is 0. The summed E-state index contributed by atoms with van der Waals surface area (Å²) in [5.41, 5.74) is -0.898. The molecule has 1 unspecified atom stereocenters. The summed E-state index contributed by atoms with van der Waals surface area (Å²) in [5.74, 6) is 0. The molecule has 0 amide bonds. The van der Waals surface area contributed by atoms with Gasteiger partial charge in [0.25, 0.3) is 0 Å². The van der Waals surface area contributed by atoms with Gasteiger partial charge in [-0.2, -0.15) is 0 Å². The van der Waals surface area contributed by atoms with Gasteiger partial charge < -0.3 is 0 Å². The fourth-order valence-electron chi connectivity index (χ4n) is 0.976. The molecule has 1 N–H and O–H groups in total. The van der Waals surface area contributed by atoms with Crippen LogP contribution in [0.25, 0.3) is 0 Å².